The van der Waals surface area contributed by atoms with Gasteiger partial charge in [0.15, 0.2) is 0 Å². The Morgan fingerprint density at radius 3 is 2.48 bits per heavy atom. The van der Waals surface area contributed by atoms with E-state index in [1.165, 1.54) is 10.4 Å². The van der Waals surface area contributed by atoms with Crippen LogP contribution in [0.25, 0.3) is 10.4 Å². The molecule has 0 saturated heterocycles. The molecule has 3 aromatic rings. The third kappa shape index (κ3) is 3.13. The van der Waals surface area contributed by atoms with E-state index in [4.69, 9.17) is 5.26 Å². The van der Waals surface area contributed by atoms with Gasteiger partial charge < -0.3 is 5.32 Å². The normalized spacial score (nSPS) is 10.0. The summed E-state index contributed by atoms with van der Waals surface area (Å²) in [4.78, 5) is 1.26. The van der Waals surface area contributed by atoms with Crippen molar-refractivity contribution < 1.29 is 0 Å². The molecule has 3 heteroatoms. The highest BCUT2D eigenvalue weighted by Crippen LogP contribution is 2.31. The predicted octanol–water partition coefficient (Wildman–Crippen LogP) is 4.90. The lowest BCUT2D eigenvalue weighted by molar-refractivity contribution is 1.15. The van der Waals surface area contributed by atoms with E-state index in [1.54, 1.807) is 11.3 Å². The third-order valence-electron chi connectivity index (χ3n) is 3.28. The second-order valence-electron chi connectivity index (χ2n) is 4.69. The van der Waals surface area contributed by atoms with Crippen LogP contribution in [0.1, 0.15) is 11.1 Å². The van der Waals surface area contributed by atoms with Gasteiger partial charge in [-0.2, -0.15) is 5.26 Å². The first-order valence-electron chi connectivity index (χ1n) is 6.72. The molecule has 2 nitrogen and oxygen atoms in total. The van der Waals surface area contributed by atoms with Crippen LogP contribution >= 0.6 is 11.3 Å². The van der Waals surface area contributed by atoms with Gasteiger partial charge in [-0.05, 0) is 35.2 Å². The quantitative estimate of drug-likeness (QED) is 0.742. The topological polar surface area (TPSA) is 35.8 Å². The molecule has 2 aromatic carbocycles. The molecule has 3 rings (SSSR count). The first-order valence-corrected chi connectivity index (χ1v) is 7.60. The smallest absolute Gasteiger partial charge is 0.0991 e. The number of nitrogens with one attached hydrogen (secondary N) is 1. The fourth-order valence-corrected chi connectivity index (χ4v) is 2.94. The Hall–Kier alpha value is -2.57. The van der Waals surface area contributed by atoms with Crippen LogP contribution in [0.2, 0.25) is 0 Å². The zero-order valence-electron chi connectivity index (χ0n) is 11.4. The lowest BCUT2D eigenvalue weighted by Gasteiger charge is -2.11. The molecule has 0 spiro atoms. The maximum atomic E-state index is 8.81. The van der Waals surface area contributed by atoms with Gasteiger partial charge in [0.2, 0.25) is 0 Å². The Labute approximate surface area is 128 Å². The average molecular weight is 290 g/mol. The van der Waals surface area contributed by atoms with Crippen molar-refractivity contribution in [1.29, 1.82) is 5.26 Å². The van der Waals surface area contributed by atoms with Crippen molar-refractivity contribution in [1.82, 2.24) is 0 Å². The zero-order valence-corrected chi connectivity index (χ0v) is 12.2. The second kappa shape index (κ2) is 6.25. The Morgan fingerprint density at radius 2 is 1.76 bits per heavy atom. The van der Waals surface area contributed by atoms with Crippen LogP contribution in [-0.2, 0) is 6.54 Å². The van der Waals surface area contributed by atoms with Gasteiger partial charge in [-0.3, -0.25) is 0 Å². The van der Waals surface area contributed by atoms with Crippen molar-refractivity contribution in [3.63, 3.8) is 0 Å². The Kier molecular flexibility index (Phi) is 3.99. The monoisotopic (exact) mass is 290 g/mol. The van der Waals surface area contributed by atoms with Crippen molar-refractivity contribution in [3.05, 3.63) is 77.2 Å². The van der Waals surface area contributed by atoms with Gasteiger partial charge in [0.25, 0.3) is 0 Å². The van der Waals surface area contributed by atoms with Gasteiger partial charge >= 0.3 is 0 Å². The molecule has 21 heavy (non-hydrogen) atoms. The number of thiophene rings is 1. The number of benzene rings is 2. The molecule has 0 unspecified atom stereocenters. The lowest BCUT2D eigenvalue weighted by atomic mass is 10.1. The van der Waals surface area contributed by atoms with E-state index >= 15 is 0 Å². The van der Waals surface area contributed by atoms with Crippen molar-refractivity contribution in [2.24, 2.45) is 0 Å². The van der Waals surface area contributed by atoms with Crippen LogP contribution in [0.15, 0.2) is 66.0 Å². The van der Waals surface area contributed by atoms with Crippen molar-refractivity contribution in [2.45, 2.75) is 6.54 Å². The van der Waals surface area contributed by atoms with Gasteiger partial charge in [0.05, 0.1) is 11.6 Å². The van der Waals surface area contributed by atoms with Gasteiger partial charge in [0.1, 0.15) is 0 Å². The van der Waals surface area contributed by atoms with Crippen LogP contribution in [0.3, 0.4) is 0 Å². The molecule has 1 aromatic heterocycles. The van der Waals surface area contributed by atoms with E-state index in [9.17, 15) is 0 Å². The first-order chi connectivity index (χ1) is 10.4. The molecule has 0 atom stereocenters. The SMILES string of the molecule is N#Cc1ccc(CNc2ccccc2-c2cccs2)cc1. The van der Waals surface area contributed by atoms with Gasteiger partial charge in [-0.15, -0.1) is 11.3 Å². The van der Waals surface area contributed by atoms with E-state index < -0.39 is 0 Å². The fourth-order valence-electron chi connectivity index (χ4n) is 2.18. The summed E-state index contributed by atoms with van der Waals surface area (Å²) < 4.78 is 0. The molecule has 0 aliphatic rings. The van der Waals surface area contributed by atoms with E-state index in [0.29, 0.717) is 5.56 Å². The molecule has 102 valence electrons. The molecule has 0 radical (unpaired) electrons. The summed E-state index contributed by atoms with van der Waals surface area (Å²) in [5, 5.41) is 14.4. The van der Waals surface area contributed by atoms with E-state index in [-0.39, 0.29) is 0 Å². The van der Waals surface area contributed by atoms with Crippen molar-refractivity contribution in [3.8, 4) is 16.5 Å². The minimum Gasteiger partial charge on any atom is -0.380 e. The fraction of sp³-hybridized carbons (Fsp3) is 0.0556. The van der Waals surface area contributed by atoms with Gasteiger partial charge in [0, 0.05) is 22.7 Å². The molecule has 0 aliphatic heterocycles. The molecule has 1 N–H and O–H groups in total. The van der Waals surface area contributed by atoms with Gasteiger partial charge in [-0.1, -0.05) is 36.4 Å². The largest absolute Gasteiger partial charge is 0.380 e. The van der Waals surface area contributed by atoms with Crippen LogP contribution in [0, 0.1) is 11.3 Å². The zero-order chi connectivity index (χ0) is 14.5. The molecule has 0 amide bonds. The third-order valence-corrected chi connectivity index (χ3v) is 4.18. The predicted molar refractivity (Wildman–Crippen MR) is 88.2 cm³/mol. The summed E-state index contributed by atoms with van der Waals surface area (Å²) in [7, 11) is 0. The highest BCUT2D eigenvalue weighted by atomic mass is 32.1. The summed E-state index contributed by atoms with van der Waals surface area (Å²) in [5.74, 6) is 0. The minimum atomic E-state index is 0.692. The Balaban J connectivity index is 1.78. The number of hydrogen-bond donors (Lipinski definition) is 1. The van der Waals surface area contributed by atoms with Crippen molar-refractivity contribution in [2.75, 3.05) is 5.32 Å². The molecule has 0 saturated carbocycles. The Morgan fingerprint density at radius 1 is 0.952 bits per heavy atom. The minimum absolute atomic E-state index is 0.692. The number of hydrogen-bond acceptors (Lipinski definition) is 3. The van der Waals surface area contributed by atoms with Crippen LogP contribution < -0.4 is 5.32 Å². The maximum Gasteiger partial charge on any atom is 0.0991 e. The highest BCUT2D eigenvalue weighted by molar-refractivity contribution is 7.13. The molecular weight excluding hydrogens is 276 g/mol. The molecular formula is C18H14N2S. The maximum absolute atomic E-state index is 8.81. The van der Waals surface area contributed by atoms with Crippen LogP contribution in [0.4, 0.5) is 5.69 Å². The standard InChI is InChI=1S/C18H14N2S/c19-12-14-7-9-15(10-8-14)13-20-17-5-2-1-4-16(17)18-6-3-11-21-18/h1-11,20H,13H2. The van der Waals surface area contributed by atoms with E-state index in [1.807, 2.05) is 30.3 Å². The highest BCUT2D eigenvalue weighted by Gasteiger charge is 2.05. The average Bonchev–Trinajstić information content (AvgIpc) is 3.08. The second-order valence-corrected chi connectivity index (χ2v) is 5.63. The number of para-hydroxylation sites is 1. The first kappa shape index (κ1) is 13.4. The molecule has 1 heterocycles. The summed E-state index contributed by atoms with van der Waals surface area (Å²) in [6, 6.07) is 22.3. The molecule has 0 fully saturated rings. The van der Waals surface area contributed by atoms with E-state index in [2.05, 4.69) is 47.1 Å². The van der Waals surface area contributed by atoms with Crippen molar-refractivity contribution >= 4 is 17.0 Å². The van der Waals surface area contributed by atoms with Crippen LogP contribution in [-0.4, -0.2) is 0 Å². The Bertz CT molecular complexity index is 753. The van der Waals surface area contributed by atoms with Gasteiger partial charge in [-0.25, -0.2) is 0 Å². The number of rotatable bonds is 4. The number of nitrogens with zero attached hydrogens (tertiary/aromatic N) is 1. The summed E-state index contributed by atoms with van der Waals surface area (Å²) in [5.41, 5.74) is 4.21. The molecule has 0 bridgehead atoms. The van der Waals surface area contributed by atoms with Crippen LogP contribution in [0.5, 0.6) is 0 Å². The number of nitriles is 1. The number of anilines is 1. The lowest BCUT2D eigenvalue weighted by Crippen LogP contribution is -2.00. The summed E-state index contributed by atoms with van der Waals surface area (Å²) in [6.45, 7) is 0.744. The summed E-state index contributed by atoms with van der Waals surface area (Å²) >= 11 is 1.74. The summed E-state index contributed by atoms with van der Waals surface area (Å²) in [6.07, 6.45) is 0. The van der Waals surface area contributed by atoms with E-state index in [0.717, 1.165) is 17.8 Å². The molecule has 0 aliphatic carbocycles.